The van der Waals surface area contributed by atoms with Crippen LogP contribution >= 0.6 is 0 Å². The molecule has 1 heterocycles. The minimum atomic E-state index is -3.25. The molecule has 1 saturated heterocycles. The number of Topliss-reactive ketones (excluding diaryl/α,β-unsaturated/α-hetero) is 1. The molecule has 1 aliphatic rings. The summed E-state index contributed by atoms with van der Waals surface area (Å²) in [6, 6.07) is 6.74. The minimum absolute atomic E-state index is 0.00580. The quantitative estimate of drug-likeness (QED) is 0.762. The van der Waals surface area contributed by atoms with Crippen molar-refractivity contribution < 1.29 is 22.7 Å². The third-order valence-corrected chi connectivity index (χ3v) is 5.33. The SMILES string of the molecule is CCS(=O)(=O)N[C@H]1CCOC[C@@H]1COc1ccc(C(C)=O)cc1. The number of carbonyl (C=O) groups is 1. The summed E-state index contributed by atoms with van der Waals surface area (Å²) in [5, 5.41) is 0. The van der Waals surface area contributed by atoms with Crippen molar-refractivity contribution in [2.75, 3.05) is 25.6 Å². The van der Waals surface area contributed by atoms with E-state index in [0.29, 0.717) is 37.6 Å². The Morgan fingerprint density at radius 3 is 2.65 bits per heavy atom. The van der Waals surface area contributed by atoms with Gasteiger partial charge in [-0.25, -0.2) is 13.1 Å². The highest BCUT2D eigenvalue weighted by Gasteiger charge is 2.29. The van der Waals surface area contributed by atoms with Gasteiger partial charge in [0, 0.05) is 24.1 Å². The van der Waals surface area contributed by atoms with E-state index in [9.17, 15) is 13.2 Å². The molecule has 1 aromatic carbocycles. The third kappa shape index (κ3) is 5.30. The molecule has 1 fully saturated rings. The number of benzene rings is 1. The molecule has 0 aromatic heterocycles. The molecule has 128 valence electrons. The van der Waals surface area contributed by atoms with Gasteiger partial charge in [0.1, 0.15) is 5.75 Å². The summed E-state index contributed by atoms with van der Waals surface area (Å²) in [5.74, 6) is 0.672. The average Bonchev–Trinajstić information content (AvgIpc) is 2.54. The lowest BCUT2D eigenvalue weighted by Crippen LogP contribution is -2.47. The van der Waals surface area contributed by atoms with Crippen molar-refractivity contribution in [3.63, 3.8) is 0 Å². The predicted molar refractivity (Wildman–Crippen MR) is 87.3 cm³/mol. The fourth-order valence-electron chi connectivity index (χ4n) is 2.42. The minimum Gasteiger partial charge on any atom is -0.493 e. The normalized spacial score (nSPS) is 21.8. The van der Waals surface area contributed by atoms with Gasteiger partial charge in [0.25, 0.3) is 0 Å². The number of sulfonamides is 1. The van der Waals surface area contributed by atoms with E-state index in [1.165, 1.54) is 6.92 Å². The van der Waals surface area contributed by atoms with Crippen molar-refractivity contribution >= 4 is 15.8 Å². The van der Waals surface area contributed by atoms with Crippen molar-refractivity contribution in [1.82, 2.24) is 4.72 Å². The number of ketones is 1. The molecule has 23 heavy (non-hydrogen) atoms. The van der Waals surface area contributed by atoms with Crippen LogP contribution in [0, 0.1) is 5.92 Å². The third-order valence-electron chi connectivity index (χ3n) is 3.91. The summed E-state index contributed by atoms with van der Waals surface area (Å²) in [4.78, 5) is 11.2. The molecular weight excluding hydrogens is 318 g/mol. The predicted octanol–water partition coefficient (Wildman–Crippen LogP) is 1.61. The lowest BCUT2D eigenvalue weighted by atomic mass is 9.98. The molecule has 0 saturated carbocycles. The average molecular weight is 341 g/mol. The maximum Gasteiger partial charge on any atom is 0.211 e. The van der Waals surface area contributed by atoms with Crippen LogP contribution in [0.1, 0.15) is 30.6 Å². The topological polar surface area (TPSA) is 81.7 Å². The highest BCUT2D eigenvalue weighted by atomic mass is 32.2. The Morgan fingerprint density at radius 2 is 2.04 bits per heavy atom. The van der Waals surface area contributed by atoms with Gasteiger partial charge in [-0.15, -0.1) is 0 Å². The van der Waals surface area contributed by atoms with E-state index in [2.05, 4.69) is 4.72 Å². The summed E-state index contributed by atoms with van der Waals surface area (Å²) in [7, 11) is -3.25. The standard InChI is InChI=1S/C16H23NO5S/c1-3-23(19,20)17-16-8-9-21-10-14(16)11-22-15-6-4-13(5-7-15)12(2)18/h4-7,14,16-17H,3,8-11H2,1-2H3/t14-,16+/m1/s1. The van der Waals surface area contributed by atoms with E-state index >= 15 is 0 Å². The number of hydrogen-bond donors (Lipinski definition) is 1. The van der Waals surface area contributed by atoms with E-state index in [4.69, 9.17) is 9.47 Å². The van der Waals surface area contributed by atoms with Gasteiger partial charge in [0.15, 0.2) is 5.78 Å². The number of nitrogens with one attached hydrogen (secondary N) is 1. The Hall–Kier alpha value is -1.44. The van der Waals surface area contributed by atoms with Crippen LogP contribution in [0.4, 0.5) is 0 Å². The first-order chi connectivity index (χ1) is 10.9. The highest BCUT2D eigenvalue weighted by Crippen LogP contribution is 2.19. The van der Waals surface area contributed by atoms with Gasteiger partial charge in [-0.05, 0) is 44.5 Å². The maximum atomic E-state index is 11.8. The van der Waals surface area contributed by atoms with E-state index in [-0.39, 0.29) is 23.5 Å². The number of ether oxygens (including phenoxy) is 2. The number of rotatable bonds is 7. The Kier molecular flexibility index (Phi) is 6.15. The number of carbonyl (C=O) groups excluding carboxylic acids is 1. The molecule has 0 unspecified atom stereocenters. The Labute approximate surface area is 137 Å². The molecule has 1 aromatic rings. The zero-order valence-electron chi connectivity index (χ0n) is 13.4. The molecule has 7 heteroatoms. The summed E-state index contributed by atoms with van der Waals surface area (Å²) in [6.07, 6.45) is 0.635. The molecular formula is C16H23NO5S. The molecule has 1 N–H and O–H groups in total. The van der Waals surface area contributed by atoms with Crippen molar-refractivity contribution in [3.8, 4) is 5.75 Å². The fraction of sp³-hybridized carbons (Fsp3) is 0.562. The summed E-state index contributed by atoms with van der Waals surface area (Å²) in [6.45, 7) is 4.49. The van der Waals surface area contributed by atoms with Crippen LogP contribution in [0.15, 0.2) is 24.3 Å². The Balaban J connectivity index is 1.95. The zero-order valence-corrected chi connectivity index (χ0v) is 14.3. The lowest BCUT2D eigenvalue weighted by Gasteiger charge is -2.31. The van der Waals surface area contributed by atoms with Gasteiger partial charge < -0.3 is 9.47 Å². The molecule has 6 nitrogen and oxygen atoms in total. The Morgan fingerprint density at radius 1 is 1.35 bits per heavy atom. The first-order valence-electron chi connectivity index (χ1n) is 7.73. The van der Waals surface area contributed by atoms with E-state index in [1.54, 1.807) is 31.2 Å². The van der Waals surface area contributed by atoms with Crippen molar-refractivity contribution in [3.05, 3.63) is 29.8 Å². The second kappa shape index (κ2) is 7.90. The smallest absolute Gasteiger partial charge is 0.211 e. The largest absolute Gasteiger partial charge is 0.493 e. The summed E-state index contributed by atoms with van der Waals surface area (Å²) >= 11 is 0. The van der Waals surface area contributed by atoms with Gasteiger partial charge in [-0.2, -0.15) is 0 Å². The molecule has 2 atom stereocenters. The maximum absolute atomic E-state index is 11.8. The Bertz CT molecular complexity index is 626. The van der Waals surface area contributed by atoms with Gasteiger partial charge in [0.2, 0.25) is 10.0 Å². The van der Waals surface area contributed by atoms with Crippen LogP contribution in [-0.4, -0.2) is 45.8 Å². The van der Waals surface area contributed by atoms with Gasteiger partial charge in [-0.1, -0.05) is 0 Å². The molecule has 0 aliphatic carbocycles. The van der Waals surface area contributed by atoms with E-state index in [0.717, 1.165) is 0 Å². The molecule has 0 bridgehead atoms. The molecule has 0 radical (unpaired) electrons. The first kappa shape index (κ1) is 17.9. The second-order valence-corrected chi connectivity index (χ2v) is 7.69. The highest BCUT2D eigenvalue weighted by molar-refractivity contribution is 7.89. The summed E-state index contributed by atoms with van der Waals surface area (Å²) < 4.78 is 37.4. The van der Waals surface area contributed by atoms with Gasteiger partial charge >= 0.3 is 0 Å². The molecule has 0 spiro atoms. The second-order valence-electron chi connectivity index (χ2n) is 5.64. The van der Waals surface area contributed by atoms with Crippen molar-refractivity contribution in [2.45, 2.75) is 26.3 Å². The van der Waals surface area contributed by atoms with Crippen molar-refractivity contribution in [1.29, 1.82) is 0 Å². The van der Waals surface area contributed by atoms with Crippen LogP contribution in [0.25, 0.3) is 0 Å². The van der Waals surface area contributed by atoms with Crippen molar-refractivity contribution in [2.24, 2.45) is 5.92 Å². The molecule has 0 amide bonds. The first-order valence-corrected chi connectivity index (χ1v) is 9.38. The number of hydrogen-bond acceptors (Lipinski definition) is 5. The van der Waals surface area contributed by atoms with Gasteiger partial charge in [-0.3, -0.25) is 4.79 Å². The van der Waals surface area contributed by atoms with Crippen LogP contribution in [0.2, 0.25) is 0 Å². The van der Waals surface area contributed by atoms with Gasteiger partial charge in [0.05, 0.1) is 19.0 Å². The molecule has 2 rings (SSSR count). The van der Waals surface area contributed by atoms with E-state index in [1.807, 2.05) is 0 Å². The monoisotopic (exact) mass is 341 g/mol. The van der Waals surface area contributed by atoms with Crippen LogP contribution < -0.4 is 9.46 Å². The van der Waals surface area contributed by atoms with Crippen LogP contribution in [-0.2, 0) is 14.8 Å². The van der Waals surface area contributed by atoms with Crippen LogP contribution in [0.3, 0.4) is 0 Å². The summed E-state index contributed by atoms with van der Waals surface area (Å²) in [5.41, 5.74) is 0.631. The van der Waals surface area contributed by atoms with E-state index < -0.39 is 10.0 Å². The fourth-order valence-corrected chi connectivity index (χ4v) is 3.36. The zero-order chi connectivity index (χ0) is 16.9. The van der Waals surface area contributed by atoms with Crippen LogP contribution in [0.5, 0.6) is 5.75 Å². The lowest BCUT2D eigenvalue weighted by molar-refractivity contribution is 0.0186. The molecule has 1 aliphatic heterocycles.